The minimum absolute atomic E-state index is 0.0918. The number of carbonyl (C=O) groups is 1. The Morgan fingerprint density at radius 3 is 2.55 bits per heavy atom. The van der Waals surface area contributed by atoms with Crippen molar-refractivity contribution in [2.24, 2.45) is 4.99 Å². The molecule has 0 bridgehead atoms. The lowest BCUT2D eigenvalue weighted by Crippen LogP contribution is -2.17. The highest BCUT2D eigenvalue weighted by Crippen LogP contribution is 2.23. The van der Waals surface area contributed by atoms with E-state index in [4.69, 9.17) is 4.74 Å². The van der Waals surface area contributed by atoms with Gasteiger partial charge in [-0.3, -0.25) is 4.79 Å². The second-order valence-corrected chi connectivity index (χ2v) is 10.8. The zero-order valence-electron chi connectivity index (χ0n) is 17.9. The van der Waals surface area contributed by atoms with Crippen LogP contribution in [-0.2, 0) is 27.6 Å². The third-order valence-electron chi connectivity index (χ3n) is 4.73. The van der Waals surface area contributed by atoms with Crippen LogP contribution >= 0.6 is 11.3 Å². The minimum atomic E-state index is -3.33. The van der Waals surface area contributed by atoms with Crippen LogP contribution < -0.4 is 9.54 Å². The molecule has 0 aliphatic rings. The minimum Gasteiger partial charge on any atom is -0.494 e. The maximum atomic E-state index is 12.6. The van der Waals surface area contributed by atoms with Crippen molar-refractivity contribution in [1.82, 2.24) is 4.57 Å². The monoisotopic (exact) mass is 458 g/mol. The van der Waals surface area contributed by atoms with Gasteiger partial charge in [0.25, 0.3) is 5.91 Å². The smallest absolute Gasteiger partial charge is 0.252 e. The van der Waals surface area contributed by atoms with Gasteiger partial charge in [-0.05, 0) is 56.7 Å². The highest BCUT2D eigenvalue weighted by Gasteiger charge is 2.19. The Kier molecular flexibility index (Phi) is 7.12. The molecule has 0 saturated carbocycles. The van der Waals surface area contributed by atoms with E-state index < -0.39 is 15.1 Å². The van der Waals surface area contributed by atoms with Crippen LogP contribution in [0.4, 0.5) is 0 Å². The molecule has 0 fully saturated rings. The third kappa shape index (κ3) is 5.14. The van der Waals surface area contributed by atoms with Gasteiger partial charge in [-0.2, -0.15) is 4.99 Å². The zero-order chi connectivity index (χ0) is 22.6. The summed E-state index contributed by atoms with van der Waals surface area (Å²) in [5, 5.41) is -0.494. The van der Waals surface area contributed by atoms with E-state index in [1.807, 2.05) is 29.7 Å². The van der Waals surface area contributed by atoms with Crippen LogP contribution in [0.2, 0.25) is 0 Å². The van der Waals surface area contributed by atoms with Crippen LogP contribution in [0.3, 0.4) is 0 Å². The maximum Gasteiger partial charge on any atom is 0.252 e. The molecule has 0 radical (unpaired) electrons. The molecule has 0 atom stereocenters. The number of rotatable bonds is 8. The van der Waals surface area contributed by atoms with E-state index in [9.17, 15) is 13.2 Å². The molecule has 0 aliphatic carbocycles. The van der Waals surface area contributed by atoms with Crippen LogP contribution in [-0.4, -0.2) is 30.7 Å². The molecule has 164 valence electrons. The fraction of sp³-hybridized carbons (Fsp3) is 0.304. The molecule has 0 unspecified atom stereocenters. The van der Waals surface area contributed by atoms with Crippen LogP contribution in [0.1, 0.15) is 26.3 Å². The Balaban J connectivity index is 1.89. The number of ether oxygens (including phenoxy) is 1. The number of aromatic nitrogens is 1. The number of allylic oxidation sites excluding steroid dienone is 1. The molecule has 0 saturated heterocycles. The Labute approximate surface area is 186 Å². The van der Waals surface area contributed by atoms with Crippen molar-refractivity contribution in [3.63, 3.8) is 0 Å². The number of hydrogen-bond acceptors (Lipinski definition) is 5. The summed E-state index contributed by atoms with van der Waals surface area (Å²) >= 11 is 1.42. The van der Waals surface area contributed by atoms with Gasteiger partial charge in [0.05, 0.1) is 33.4 Å². The molecular formula is C23H26N2O4S2. The molecule has 8 heteroatoms. The standard InChI is InChI=1S/C23H26N2O4S2/c1-5-13-25-20-12-9-18(29-6-2)15-21(20)30-23(25)24-22(26)14-17-7-10-19(11-8-17)31(27,28)16(3)4/h5,7-12,15-16H,1,6,13-14H2,2-4H3. The zero-order valence-corrected chi connectivity index (χ0v) is 19.5. The average Bonchev–Trinajstić information content (AvgIpc) is 3.05. The summed E-state index contributed by atoms with van der Waals surface area (Å²) in [6, 6.07) is 12.2. The number of benzene rings is 2. The predicted octanol–water partition coefficient (Wildman–Crippen LogP) is 4.14. The molecule has 0 N–H and O–H groups in total. The van der Waals surface area contributed by atoms with E-state index in [1.165, 1.54) is 11.3 Å². The van der Waals surface area contributed by atoms with E-state index in [1.54, 1.807) is 44.2 Å². The quantitative estimate of drug-likeness (QED) is 0.475. The summed E-state index contributed by atoms with van der Waals surface area (Å²) in [5.41, 5.74) is 1.68. The normalized spacial score (nSPS) is 12.5. The molecule has 3 rings (SSSR count). The Hall–Kier alpha value is -2.71. The molecule has 0 aliphatic heterocycles. The Bertz CT molecular complexity index is 1270. The van der Waals surface area contributed by atoms with Gasteiger partial charge in [0.1, 0.15) is 5.75 Å². The SMILES string of the molecule is C=CCn1c(=NC(=O)Cc2ccc(S(=O)(=O)C(C)C)cc2)sc2cc(OCC)ccc21. The van der Waals surface area contributed by atoms with Crippen LogP contribution in [0, 0.1) is 0 Å². The van der Waals surface area contributed by atoms with E-state index in [0.717, 1.165) is 16.0 Å². The highest BCUT2D eigenvalue weighted by atomic mass is 32.2. The molecule has 2 aromatic carbocycles. The number of sulfone groups is 1. The van der Waals surface area contributed by atoms with Gasteiger partial charge in [-0.15, -0.1) is 6.58 Å². The summed E-state index contributed by atoms with van der Waals surface area (Å²) in [4.78, 5) is 17.8. The van der Waals surface area contributed by atoms with Crippen molar-refractivity contribution in [3.05, 3.63) is 65.5 Å². The fourth-order valence-electron chi connectivity index (χ4n) is 3.09. The molecule has 6 nitrogen and oxygen atoms in total. The van der Waals surface area contributed by atoms with Crippen molar-refractivity contribution >= 4 is 37.3 Å². The third-order valence-corrected chi connectivity index (χ3v) is 7.94. The fourth-order valence-corrected chi connectivity index (χ4v) is 5.24. The van der Waals surface area contributed by atoms with Crippen molar-refractivity contribution in [2.45, 2.75) is 43.9 Å². The lowest BCUT2D eigenvalue weighted by Gasteiger charge is -2.08. The van der Waals surface area contributed by atoms with Gasteiger partial charge in [0, 0.05) is 6.54 Å². The highest BCUT2D eigenvalue weighted by molar-refractivity contribution is 7.92. The first-order valence-corrected chi connectivity index (χ1v) is 12.4. The second kappa shape index (κ2) is 9.62. The lowest BCUT2D eigenvalue weighted by molar-refractivity contribution is -0.117. The van der Waals surface area contributed by atoms with E-state index in [2.05, 4.69) is 11.6 Å². The van der Waals surface area contributed by atoms with Crippen LogP contribution in [0.5, 0.6) is 5.75 Å². The number of amides is 1. The van der Waals surface area contributed by atoms with Crippen molar-refractivity contribution < 1.29 is 17.9 Å². The van der Waals surface area contributed by atoms with Gasteiger partial charge in [0.15, 0.2) is 14.6 Å². The molecular weight excluding hydrogens is 432 g/mol. The Morgan fingerprint density at radius 2 is 1.94 bits per heavy atom. The Morgan fingerprint density at radius 1 is 1.23 bits per heavy atom. The average molecular weight is 459 g/mol. The number of thiazole rings is 1. The van der Waals surface area contributed by atoms with Crippen LogP contribution in [0.15, 0.2) is 65.0 Å². The van der Waals surface area contributed by atoms with Gasteiger partial charge < -0.3 is 9.30 Å². The number of nitrogens with zero attached hydrogens (tertiary/aromatic N) is 2. The number of carbonyl (C=O) groups excluding carboxylic acids is 1. The summed E-state index contributed by atoms with van der Waals surface area (Å²) < 4.78 is 33.0. The van der Waals surface area contributed by atoms with E-state index >= 15 is 0 Å². The van der Waals surface area contributed by atoms with Crippen molar-refractivity contribution in [1.29, 1.82) is 0 Å². The van der Waals surface area contributed by atoms with Gasteiger partial charge in [0.2, 0.25) is 0 Å². The maximum absolute atomic E-state index is 12.6. The topological polar surface area (TPSA) is 77.7 Å². The first-order chi connectivity index (χ1) is 14.8. The van der Waals surface area contributed by atoms with Crippen molar-refractivity contribution in [2.75, 3.05) is 6.61 Å². The molecule has 31 heavy (non-hydrogen) atoms. The first kappa shape index (κ1) is 23.0. The first-order valence-electron chi connectivity index (χ1n) is 10.0. The van der Waals surface area contributed by atoms with Gasteiger partial charge >= 0.3 is 0 Å². The largest absolute Gasteiger partial charge is 0.494 e. The molecule has 3 aromatic rings. The summed E-state index contributed by atoms with van der Waals surface area (Å²) in [5.74, 6) is 0.477. The van der Waals surface area contributed by atoms with Crippen LogP contribution in [0.25, 0.3) is 10.2 Å². The number of hydrogen-bond donors (Lipinski definition) is 0. The summed E-state index contributed by atoms with van der Waals surface area (Å²) in [6.45, 7) is 10.1. The molecule has 1 heterocycles. The summed E-state index contributed by atoms with van der Waals surface area (Å²) in [6.07, 6.45) is 1.86. The van der Waals surface area contributed by atoms with Gasteiger partial charge in [-0.25, -0.2) is 8.42 Å². The number of fused-ring (bicyclic) bond motifs is 1. The molecule has 0 spiro atoms. The molecule has 1 aromatic heterocycles. The van der Waals surface area contributed by atoms with Crippen molar-refractivity contribution in [3.8, 4) is 5.75 Å². The lowest BCUT2D eigenvalue weighted by atomic mass is 10.1. The molecule has 1 amide bonds. The van der Waals surface area contributed by atoms with E-state index in [0.29, 0.717) is 23.5 Å². The van der Waals surface area contributed by atoms with E-state index in [-0.39, 0.29) is 17.2 Å². The second-order valence-electron chi connectivity index (χ2n) is 7.27. The van der Waals surface area contributed by atoms with Gasteiger partial charge in [-0.1, -0.05) is 29.5 Å². The predicted molar refractivity (Wildman–Crippen MR) is 124 cm³/mol. The summed E-state index contributed by atoms with van der Waals surface area (Å²) in [7, 11) is -3.33.